The molecular weight excluding hydrogens is 338 g/mol. The van der Waals surface area contributed by atoms with E-state index in [0.717, 1.165) is 34.1 Å². The van der Waals surface area contributed by atoms with Crippen LogP contribution in [-0.2, 0) is 6.54 Å². The second-order valence-corrected chi connectivity index (χ2v) is 6.78. The SMILES string of the molecule is COc1ccc(C2=C3N=C(C)C=CN3NC2(C)NCc2ccccn2)cc1. The number of allylic oxidation sites excluding steroid dienone is 1. The van der Waals surface area contributed by atoms with Crippen molar-refractivity contribution in [2.24, 2.45) is 4.99 Å². The van der Waals surface area contributed by atoms with Gasteiger partial charge >= 0.3 is 0 Å². The molecule has 1 unspecified atom stereocenters. The van der Waals surface area contributed by atoms with Crippen molar-refractivity contribution in [3.8, 4) is 5.75 Å². The molecule has 27 heavy (non-hydrogen) atoms. The van der Waals surface area contributed by atoms with Gasteiger partial charge in [0.25, 0.3) is 0 Å². The van der Waals surface area contributed by atoms with Crippen molar-refractivity contribution in [3.63, 3.8) is 0 Å². The van der Waals surface area contributed by atoms with Gasteiger partial charge in [-0.2, -0.15) is 0 Å². The number of nitrogens with one attached hydrogen (secondary N) is 2. The van der Waals surface area contributed by atoms with Crippen LogP contribution >= 0.6 is 0 Å². The Morgan fingerprint density at radius 1 is 1.19 bits per heavy atom. The lowest BCUT2D eigenvalue weighted by Gasteiger charge is -2.30. The minimum atomic E-state index is -0.500. The third kappa shape index (κ3) is 3.37. The maximum absolute atomic E-state index is 5.31. The maximum atomic E-state index is 5.31. The minimum Gasteiger partial charge on any atom is -0.497 e. The number of pyridine rings is 1. The molecule has 0 fully saturated rings. The molecule has 1 aromatic carbocycles. The molecule has 1 atom stereocenters. The van der Waals surface area contributed by atoms with E-state index in [1.54, 1.807) is 7.11 Å². The summed E-state index contributed by atoms with van der Waals surface area (Å²) in [4.78, 5) is 9.20. The van der Waals surface area contributed by atoms with Crippen LogP contribution in [-0.4, -0.2) is 28.5 Å². The number of hydrogen-bond donors (Lipinski definition) is 2. The summed E-state index contributed by atoms with van der Waals surface area (Å²) in [7, 11) is 1.67. The Hall–Kier alpha value is -2.96. The first-order valence-corrected chi connectivity index (χ1v) is 8.94. The third-order valence-electron chi connectivity index (χ3n) is 4.77. The van der Waals surface area contributed by atoms with Gasteiger partial charge in [0.1, 0.15) is 11.4 Å². The Bertz CT molecular complexity index is 917. The van der Waals surface area contributed by atoms with Crippen LogP contribution in [0.15, 0.2) is 71.8 Å². The van der Waals surface area contributed by atoms with E-state index in [2.05, 4.69) is 34.8 Å². The molecule has 2 N–H and O–H groups in total. The molecule has 6 heteroatoms. The predicted octanol–water partition coefficient (Wildman–Crippen LogP) is 3.07. The number of aromatic nitrogens is 1. The highest BCUT2D eigenvalue weighted by Crippen LogP contribution is 2.38. The van der Waals surface area contributed by atoms with E-state index in [4.69, 9.17) is 9.73 Å². The molecule has 2 aromatic rings. The summed E-state index contributed by atoms with van der Waals surface area (Å²) in [5.74, 6) is 1.73. The van der Waals surface area contributed by atoms with Gasteiger partial charge in [0.15, 0.2) is 5.82 Å². The van der Waals surface area contributed by atoms with E-state index in [1.165, 1.54) is 0 Å². The van der Waals surface area contributed by atoms with Crippen molar-refractivity contribution in [2.75, 3.05) is 7.11 Å². The van der Waals surface area contributed by atoms with Crippen LogP contribution in [0.3, 0.4) is 0 Å². The van der Waals surface area contributed by atoms with E-state index in [1.807, 2.05) is 60.7 Å². The van der Waals surface area contributed by atoms with Gasteiger partial charge in [0, 0.05) is 30.2 Å². The fourth-order valence-corrected chi connectivity index (χ4v) is 3.37. The van der Waals surface area contributed by atoms with E-state index >= 15 is 0 Å². The third-order valence-corrected chi connectivity index (χ3v) is 4.77. The molecule has 0 amide bonds. The molecular formula is C21H23N5O. The summed E-state index contributed by atoms with van der Waals surface area (Å²) in [6, 6.07) is 14.0. The summed E-state index contributed by atoms with van der Waals surface area (Å²) in [5.41, 5.74) is 7.17. The second kappa shape index (κ2) is 6.98. The summed E-state index contributed by atoms with van der Waals surface area (Å²) >= 11 is 0. The van der Waals surface area contributed by atoms with Crippen molar-refractivity contribution in [1.29, 1.82) is 0 Å². The van der Waals surface area contributed by atoms with Crippen LogP contribution in [0, 0.1) is 0 Å². The average Bonchev–Trinajstić information content (AvgIpc) is 2.99. The maximum Gasteiger partial charge on any atom is 0.154 e. The van der Waals surface area contributed by atoms with E-state index in [9.17, 15) is 0 Å². The Kier molecular flexibility index (Phi) is 4.51. The Morgan fingerprint density at radius 2 is 2.00 bits per heavy atom. The van der Waals surface area contributed by atoms with Gasteiger partial charge in [-0.3, -0.25) is 15.3 Å². The van der Waals surface area contributed by atoms with Crippen LogP contribution in [0.4, 0.5) is 0 Å². The quantitative estimate of drug-likeness (QED) is 0.857. The predicted molar refractivity (Wildman–Crippen MR) is 107 cm³/mol. The van der Waals surface area contributed by atoms with Gasteiger partial charge in [-0.1, -0.05) is 18.2 Å². The zero-order valence-electron chi connectivity index (χ0n) is 15.7. The number of benzene rings is 1. The number of fused-ring (bicyclic) bond motifs is 1. The Balaban J connectivity index is 1.72. The molecule has 0 saturated heterocycles. The van der Waals surface area contributed by atoms with E-state index in [0.29, 0.717) is 6.54 Å². The summed E-state index contributed by atoms with van der Waals surface area (Å²) in [6.45, 7) is 4.76. The van der Waals surface area contributed by atoms with Crippen molar-refractivity contribution >= 4 is 11.3 Å². The van der Waals surface area contributed by atoms with Crippen LogP contribution in [0.2, 0.25) is 0 Å². The summed E-state index contributed by atoms with van der Waals surface area (Å²) in [5, 5.41) is 5.59. The average molecular weight is 361 g/mol. The summed E-state index contributed by atoms with van der Waals surface area (Å²) in [6.07, 6.45) is 5.81. The molecule has 0 radical (unpaired) electrons. The second-order valence-electron chi connectivity index (χ2n) is 6.78. The fourth-order valence-electron chi connectivity index (χ4n) is 3.37. The smallest absolute Gasteiger partial charge is 0.154 e. The molecule has 2 aliphatic heterocycles. The number of methoxy groups -OCH3 is 1. The zero-order valence-corrected chi connectivity index (χ0v) is 15.7. The largest absolute Gasteiger partial charge is 0.497 e. The fraction of sp³-hybridized carbons (Fsp3) is 0.238. The number of nitrogens with zero attached hydrogens (tertiary/aromatic N) is 3. The van der Waals surface area contributed by atoms with Crippen LogP contribution in [0.25, 0.3) is 5.57 Å². The highest BCUT2D eigenvalue weighted by atomic mass is 16.5. The lowest BCUT2D eigenvalue weighted by atomic mass is 9.94. The number of hydrazine groups is 1. The Labute approximate surface area is 159 Å². The van der Waals surface area contributed by atoms with Gasteiger partial charge < -0.3 is 4.74 Å². The molecule has 6 nitrogen and oxygen atoms in total. The number of ether oxygens (including phenoxy) is 1. The van der Waals surface area contributed by atoms with Crippen LogP contribution < -0.4 is 15.5 Å². The van der Waals surface area contributed by atoms with E-state index in [-0.39, 0.29) is 0 Å². The topological polar surface area (TPSA) is 61.8 Å². The van der Waals surface area contributed by atoms with Crippen molar-refractivity contribution in [2.45, 2.75) is 26.1 Å². The van der Waals surface area contributed by atoms with Crippen molar-refractivity contribution < 1.29 is 4.74 Å². The van der Waals surface area contributed by atoms with Crippen LogP contribution in [0.1, 0.15) is 25.1 Å². The molecule has 0 bridgehead atoms. The van der Waals surface area contributed by atoms with Gasteiger partial charge in [-0.15, -0.1) is 0 Å². The molecule has 0 saturated carbocycles. The Morgan fingerprint density at radius 3 is 2.70 bits per heavy atom. The lowest BCUT2D eigenvalue weighted by molar-refractivity contribution is 0.243. The molecule has 0 aliphatic carbocycles. The minimum absolute atomic E-state index is 0.500. The molecule has 3 heterocycles. The first-order valence-electron chi connectivity index (χ1n) is 8.94. The van der Waals surface area contributed by atoms with Crippen molar-refractivity contribution in [3.05, 3.63) is 78.0 Å². The normalized spacial score (nSPS) is 21.3. The van der Waals surface area contributed by atoms with Gasteiger partial charge in [-0.05, 0) is 49.8 Å². The standard InChI is InChI=1S/C21H23N5O/c1-15-11-13-26-20(24-15)19(16-7-9-18(27-3)10-8-16)21(2,25-26)23-14-17-6-4-5-12-22-17/h4-13,23,25H,14H2,1-3H3. The first kappa shape index (κ1) is 17.5. The first-order chi connectivity index (χ1) is 13.1. The molecule has 0 spiro atoms. The van der Waals surface area contributed by atoms with Crippen LogP contribution in [0.5, 0.6) is 5.75 Å². The zero-order chi connectivity index (χ0) is 18.9. The molecule has 1 aromatic heterocycles. The highest BCUT2D eigenvalue weighted by Gasteiger charge is 2.41. The number of aliphatic imine (C=N–C) groups is 1. The lowest BCUT2D eigenvalue weighted by Crippen LogP contribution is -2.54. The van der Waals surface area contributed by atoms with E-state index < -0.39 is 5.66 Å². The van der Waals surface area contributed by atoms with Gasteiger partial charge in [-0.25, -0.2) is 10.4 Å². The van der Waals surface area contributed by atoms with Gasteiger partial charge in [0.05, 0.1) is 12.8 Å². The number of rotatable bonds is 5. The van der Waals surface area contributed by atoms with Gasteiger partial charge in [0.2, 0.25) is 0 Å². The molecule has 4 rings (SSSR count). The molecule has 2 aliphatic rings. The number of hydrogen-bond acceptors (Lipinski definition) is 6. The van der Waals surface area contributed by atoms with Crippen molar-refractivity contribution in [1.82, 2.24) is 20.7 Å². The molecule has 138 valence electrons. The monoisotopic (exact) mass is 361 g/mol. The summed E-state index contributed by atoms with van der Waals surface area (Å²) < 4.78 is 5.31. The highest BCUT2D eigenvalue weighted by molar-refractivity contribution is 5.95.